The standard InChI is InChI=1S/C14H15BrN2O/c15-13-3-1-2-12-11(13)4-6-16-14(12)17-8-10-5-7-18-9-10/h1-4,6,10H,5,7-9H2,(H,16,17). The van der Waals surface area contributed by atoms with Crippen LogP contribution in [0.25, 0.3) is 10.8 Å². The number of aromatic nitrogens is 1. The van der Waals surface area contributed by atoms with Crippen molar-refractivity contribution in [3.8, 4) is 0 Å². The average molecular weight is 307 g/mol. The summed E-state index contributed by atoms with van der Waals surface area (Å²) >= 11 is 3.57. The number of halogens is 1. The first-order chi connectivity index (χ1) is 8.84. The monoisotopic (exact) mass is 306 g/mol. The van der Waals surface area contributed by atoms with E-state index < -0.39 is 0 Å². The third-order valence-electron chi connectivity index (χ3n) is 3.34. The van der Waals surface area contributed by atoms with Gasteiger partial charge in [-0.25, -0.2) is 4.98 Å². The Labute approximate surface area is 115 Å². The molecule has 3 rings (SSSR count). The number of benzene rings is 1. The van der Waals surface area contributed by atoms with E-state index in [9.17, 15) is 0 Å². The molecule has 0 amide bonds. The van der Waals surface area contributed by atoms with Gasteiger partial charge in [0, 0.05) is 40.5 Å². The molecule has 1 aromatic heterocycles. The van der Waals surface area contributed by atoms with E-state index in [2.05, 4.69) is 38.4 Å². The number of rotatable bonds is 3. The lowest BCUT2D eigenvalue weighted by Gasteiger charge is -2.12. The lowest BCUT2D eigenvalue weighted by atomic mass is 10.1. The summed E-state index contributed by atoms with van der Waals surface area (Å²) < 4.78 is 6.49. The molecular weight excluding hydrogens is 292 g/mol. The molecule has 0 saturated carbocycles. The summed E-state index contributed by atoms with van der Waals surface area (Å²) in [7, 11) is 0. The Morgan fingerprint density at radius 2 is 2.28 bits per heavy atom. The van der Waals surface area contributed by atoms with Crippen molar-refractivity contribution in [2.45, 2.75) is 6.42 Å². The van der Waals surface area contributed by atoms with Crippen molar-refractivity contribution in [1.82, 2.24) is 4.98 Å². The van der Waals surface area contributed by atoms with Crippen LogP contribution in [0.3, 0.4) is 0 Å². The maximum atomic E-state index is 5.38. The quantitative estimate of drug-likeness (QED) is 0.943. The van der Waals surface area contributed by atoms with Gasteiger partial charge >= 0.3 is 0 Å². The third kappa shape index (κ3) is 2.35. The first-order valence-corrected chi connectivity index (χ1v) is 6.99. The molecule has 1 aromatic carbocycles. The number of pyridine rings is 1. The minimum atomic E-state index is 0.606. The highest BCUT2D eigenvalue weighted by Crippen LogP contribution is 2.27. The van der Waals surface area contributed by atoms with E-state index in [1.165, 1.54) is 5.39 Å². The number of fused-ring (bicyclic) bond motifs is 1. The van der Waals surface area contributed by atoms with Gasteiger partial charge < -0.3 is 10.1 Å². The summed E-state index contributed by atoms with van der Waals surface area (Å²) in [4.78, 5) is 4.44. The lowest BCUT2D eigenvalue weighted by Crippen LogP contribution is -2.14. The van der Waals surface area contributed by atoms with Gasteiger partial charge in [0.25, 0.3) is 0 Å². The van der Waals surface area contributed by atoms with Crippen LogP contribution in [0.2, 0.25) is 0 Å². The number of nitrogens with one attached hydrogen (secondary N) is 1. The zero-order valence-electron chi connectivity index (χ0n) is 10.0. The summed E-state index contributed by atoms with van der Waals surface area (Å²) in [5.74, 6) is 1.56. The summed E-state index contributed by atoms with van der Waals surface area (Å²) in [6, 6.07) is 8.22. The molecule has 4 heteroatoms. The van der Waals surface area contributed by atoms with Crippen LogP contribution in [-0.2, 0) is 4.74 Å². The van der Waals surface area contributed by atoms with Crippen molar-refractivity contribution < 1.29 is 4.74 Å². The molecule has 1 fully saturated rings. The van der Waals surface area contributed by atoms with Crippen LogP contribution in [0.5, 0.6) is 0 Å². The molecule has 1 N–H and O–H groups in total. The molecule has 0 radical (unpaired) electrons. The Kier molecular flexibility index (Phi) is 3.48. The van der Waals surface area contributed by atoms with Crippen molar-refractivity contribution in [1.29, 1.82) is 0 Å². The molecule has 2 heterocycles. The van der Waals surface area contributed by atoms with Gasteiger partial charge in [-0.05, 0) is 18.6 Å². The molecule has 2 aromatic rings. The SMILES string of the molecule is Brc1cccc2c(NCC3CCOC3)nccc12. The molecule has 94 valence electrons. The molecule has 1 unspecified atom stereocenters. The van der Waals surface area contributed by atoms with Gasteiger partial charge in [0.15, 0.2) is 0 Å². The van der Waals surface area contributed by atoms with E-state index in [0.29, 0.717) is 5.92 Å². The van der Waals surface area contributed by atoms with Crippen LogP contribution < -0.4 is 5.32 Å². The highest BCUT2D eigenvalue weighted by atomic mass is 79.9. The van der Waals surface area contributed by atoms with Crippen LogP contribution in [0.4, 0.5) is 5.82 Å². The van der Waals surface area contributed by atoms with E-state index in [1.54, 1.807) is 0 Å². The second-order valence-electron chi connectivity index (χ2n) is 4.61. The Balaban J connectivity index is 1.85. The molecule has 18 heavy (non-hydrogen) atoms. The molecule has 3 nitrogen and oxygen atoms in total. The smallest absolute Gasteiger partial charge is 0.133 e. The topological polar surface area (TPSA) is 34.1 Å². The molecule has 1 aliphatic rings. The number of hydrogen-bond acceptors (Lipinski definition) is 3. The maximum absolute atomic E-state index is 5.38. The van der Waals surface area contributed by atoms with Crippen LogP contribution in [-0.4, -0.2) is 24.7 Å². The van der Waals surface area contributed by atoms with Crippen molar-refractivity contribution in [2.75, 3.05) is 25.1 Å². The number of anilines is 1. The first-order valence-electron chi connectivity index (χ1n) is 6.19. The van der Waals surface area contributed by atoms with Crippen molar-refractivity contribution in [3.63, 3.8) is 0 Å². The van der Waals surface area contributed by atoms with Crippen molar-refractivity contribution in [2.24, 2.45) is 5.92 Å². The summed E-state index contributed by atoms with van der Waals surface area (Å²) in [5, 5.41) is 5.80. The Morgan fingerprint density at radius 3 is 3.11 bits per heavy atom. The minimum Gasteiger partial charge on any atom is -0.381 e. The molecule has 0 aliphatic carbocycles. The number of ether oxygens (including phenoxy) is 1. The van der Waals surface area contributed by atoms with Crippen LogP contribution in [0.1, 0.15) is 6.42 Å². The fraction of sp³-hybridized carbons (Fsp3) is 0.357. The Bertz CT molecular complexity index is 552. The highest BCUT2D eigenvalue weighted by molar-refractivity contribution is 9.10. The fourth-order valence-electron chi connectivity index (χ4n) is 2.29. The number of hydrogen-bond donors (Lipinski definition) is 1. The van der Waals surface area contributed by atoms with Gasteiger partial charge in [-0.3, -0.25) is 0 Å². The number of nitrogens with zero attached hydrogens (tertiary/aromatic N) is 1. The van der Waals surface area contributed by atoms with Crippen LogP contribution >= 0.6 is 15.9 Å². The zero-order chi connectivity index (χ0) is 12.4. The molecule has 1 atom stereocenters. The molecule has 0 spiro atoms. The minimum absolute atomic E-state index is 0.606. The molecule has 0 bridgehead atoms. The Morgan fingerprint density at radius 1 is 1.33 bits per heavy atom. The lowest BCUT2D eigenvalue weighted by molar-refractivity contribution is 0.187. The molecule has 1 aliphatic heterocycles. The fourth-order valence-corrected chi connectivity index (χ4v) is 2.79. The zero-order valence-corrected chi connectivity index (χ0v) is 11.6. The average Bonchev–Trinajstić information content (AvgIpc) is 2.90. The van der Waals surface area contributed by atoms with Gasteiger partial charge in [0.2, 0.25) is 0 Å². The van der Waals surface area contributed by atoms with E-state index in [0.717, 1.165) is 41.9 Å². The van der Waals surface area contributed by atoms with Gasteiger partial charge in [-0.2, -0.15) is 0 Å². The summed E-state index contributed by atoms with van der Waals surface area (Å²) in [5.41, 5.74) is 0. The highest BCUT2D eigenvalue weighted by Gasteiger charge is 2.15. The second kappa shape index (κ2) is 5.24. The largest absolute Gasteiger partial charge is 0.381 e. The first kappa shape index (κ1) is 11.9. The Hall–Kier alpha value is -1.13. The van der Waals surface area contributed by atoms with Crippen molar-refractivity contribution in [3.05, 3.63) is 34.9 Å². The van der Waals surface area contributed by atoms with Crippen molar-refractivity contribution >= 4 is 32.5 Å². The van der Waals surface area contributed by atoms with Crippen LogP contribution in [0, 0.1) is 5.92 Å². The van der Waals surface area contributed by atoms with E-state index in [1.807, 2.05) is 18.3 Å². The molecular formula is C14H15BrN2O. The third-order valence-corrected chi connectivity index (χ3v) is 4.03. The normalized spacial score (nSPS) is 19.3. The maximum Gasteiger partial charge on any atom is 0.133 e. The van der Waals surface area contributed by atoms with E-state index >= 15 is 0 Å². The second-order valence-corrected chi connectivity index (χ2v) is 5.46. The van der Waals surface area contributed by atoms with E-state index in [4.69, 9.17) is 4.74 Å². The van der Waals surface area contributed by atoms with Gasteiger partial charge in [-0.15, -0.1) is 0 Å². The predicted octanol–water partition coefficient (Wildman–Crippen LogP) is 3.45. The summed E-state index contributed by atoms with van der Waals surface area (Å²) in [6.45, 7) is 2.68. The van der Waals surface area contributed by atoms with Gasteiger partial charge in [0.05, 0.1) is 6.61 Å². The van der Waals surface area contributed by atoms with E-state index in [-0.39, 0.29) is 0 Å². The van der Waals surface area contributed by atoms with Gasteiger partial charge in [-0.1, -0.05) is 28.1 Å². The van der Waals surface area contributed by atoms with Gasteiger partial charge in [0.1, 0.15) is 5.82 Å². The van der Waals surface area contributed by atoms with Crippen LogP contribution in [0.15, 0.2) is 34.9 Å². The summed E-state index contributed by atoms with van der Waals surface area (Å²) in [6.07, 6.45) is 2.99. The molecule has 1 saturated heterocycles. The predicted molar refractivity (Wildman–Crippen MR) is 76.9 cm³/mol.